The van der Waals surface area contributed by atoms with Crippen LogP contribution in [0.5, 0.6) is 5.75 Å². The number of thiocarbonyl (C=S) groups is 1. The number of likely N-dealkylation sites (tertiary alicyclic amines) is 1. The van der Waals surface area contributed by atoms with Gasteiger partial charge in [-0.2, -0.15) is 0 Å². The van der Waals surface area contributed by atoms with Crippen LogP contribution >= 0.6 is 12.2 Å². The normalized spacial score (nSPS) is 19.4. The third kappa shape index (κ3) is 4.68. The number of benzene rings is 1. The quantitative estimate of drug-likeness (QED) is 0.784. The molecule has 0 bridgehead atoms. The first-order valence-corrected chi connectivity index (χ1v) is 8.39. The topological polar surface area (TPSA) is 38.5 Å². The van der Waals surface area contributed by atoms with Crippen molar-refractivity contribution in [2.45, 2.75) is 45.1 Å². The lowest BCUT2D eigenvalue weighted by Crippen LogP contribution is -2.41. The average molecular weight is 306 g/mol. The lowest BCUT2D eigenvalue weighted by Gasteiger charge is -2.35. The van der Waals surface area contributed by atoms with E-state index < -0.39 is 0 Å². The van der Waals surface area contributed by atoms with Crippen molar-refractivity contribution in [2.75, 3.05) is 19.7 Å². The van der Waals surface area contributed by atoms with Crippen LogP contribution in [0, 0.1) is 0 Å². The molecule has 2 N–H and O–H groups in total. The van der Waals surface area contributed by atoms with Crippen molar-refractivity contribution in [3.05, 3.63) is 29.8 Å². The van der Waals surface area contributed by atoms with Gasteiger partial charge in [-0.25, -0.2) is 0 Å². The summed E-state index contributed by atoms with van der Waals surface area (Å²) in [6.07, 6.45) is 6.56. The number of piperidine rings is 1. The van der Waals surface area contributed by atoms with Gasteiger partial charge in [0.15, 0.2) is 0 Å². The minimum atomic E-state index is 0.396. The van der Waals surface area contributed by atoms with Crippen molar-refractivity contribution >= 4 is 17.2 Å². The molecule has 1 fully saturated rings. The van der Waals surface area contributed by atoms with E-state index in [4.69, 9.17) is 22.7 Å². The molecule has 0 radical (unpaired) electrons. The van der Waals surface area contributed by atoms with Gasteiger partial charge in [-0.15, -0.1) is 0 Å². The molecular weight excluding hydrogens is 280 g/mol. The van der Waals surface area contributed by atoms with Crippen LogP contribution in [-0.4, -0.2) is 35.6 Å². The van der Waals surface area contributed by atoms with Gasteiger partial charge in [0, 0.05) is 12.6 Å². The molecule has 1 aliphatic heterocycles. The van der Waals surface area contributed by atoms with Crippen LogP contribution in [0.15, 0.2) is 24.3 Å². The number of rotatable bonds is 7. The van der Waals surface area contributed by atoms with Crippen LogP contribution in [0.1, 0.15) is 44.6 Å². The van der Waals surface area contributed by atoms with Gasteiger partial charge >= 0.3 is 0 Å². The highest BCUT2D eigenvalue weighted by Crippen LogP contribution is 2.21. The van der Waals surface area contributed by atoms with E-state index in [1.54, 1.807) is 0 Å². The van der Waals surface area contributed by atoms with Crippen molar-refractivity contribution in [1.82, 2.24) is 4.90 Å². The molecule has 1 aliphatic rings. The van der Waals surface area contributed by atoms with Crippen molar-refractivity contribution in [3.8, 4) is 5.75 Å². The fourth-order valence-electron chi connectivity index (χ4n) is 3.08. The molecule has 4 heteroatoms. The fraction of sp³-hybridized carbons (Fsp3) is 0.588. The summed E-state index contributed by atoms with van der Waals surface area (Å²) in [7, 11) is 0. The van der Waals surface area contributed by atoms with Gasteiger partial charge in [-0.1, -0.05) is 44.1 Å². The van der Waals surface area contributed by atoms with Crippen LogP contribution in [0.4, 0.5) is 0 Å². The molecule has 1 atom stereocenters. The van der Waals surface area contributed by atoms with Crippen molar-refractivity contribution < 1.29 is 4.74 Å². The molecule has 0 amide bonds. The summed E-state index contributed by atoms with van der Waals surface area (Å²) in [5, 5.41) is 0. The molecule has 116 valence electrons. The summed E-state index contributed by atoms with van der Waals surface area (Å²) < 4.78 is 5.92. The molecule has 3 nitrogen and oxygen atoms in total. The first-order chi connectivity index (χ1) is 10.2. The van der Waals surface area contributed by atoms with Gasteiger partial charge in [0.1, 0.15) is 17.3 Å². The van der Waals surface area contributed by atoms with Crippen LogP contribution < -0.4 is 10.5 Å². The SMILES string of the molecule is CCCC1CCCCN1CCOc1ccccc1C(N)=S. The molecule has 1 aromatic rings. The Morgan fingerprint density at radius 2 is 2.19 bits per heavy atom. The molecule has 2 rings (SSSR count). The standard InChI is InChI=1S/C17H26N2OS/c1-2-7-14-8-5-6-11-19(14)12-13-20-16-10-4-3-9-15(16)17(18)21/h3-4,9-10,14H,2,5-8,11-13H2,1H3,(H2,18,21). The van der Waals surface area contributed by atoms with Gasteiger partial charge in [0.2, 0.25) is 0 Å². The zero-order valence-corrected chi connectivity index (χ0v) is 13.7. The van der Waals surface area contributed by atoms with E-state index in [0.29, 0.717) is 11.6 Å². The van der Waals surface area contributed by atoms with Crippen LogP contribution in [-0.2, 0) is 0 Å². The molecule has 1 heterocycles. The maximum absolute atomic E-state index is 5.92. The predicted molar refractivity (Wildman–Crippen MR) is 91.9 cm³/mol. The monoisotopic (exact) mass is 306 g/mol. The third-order valence-electron chi connectivity index (χ3n) is 4.16. The molecule has 1 saturated heterocycles. The number of ether oxygens (including phenoxy) is 1. The summed E-state index contributed by atoms with van der Waals surface area (Å²) in [5.41, 5.74) is 6.56. The summed E-state index contributed by atoms with van der Waals surface area (Å²) >= 11 is 5.07. The zero-order valence-electron chi connectivity index (χ0n) is 12.9. The first-order valence-electron chi connectivity index (χ1n) is 7.98. The van der Waals surface area contributed by atoms with Gasteiger partial charge in [-0.3, -0.25) is 4.90 Å². The van der Waals surface area contributed by atoms with E-state index in [1.165, 1.54) is 38.6 Å². The van der Waals surface area contributed by atoms with Gasteiger partial charge in [-0.05, 0) is 37.9 Å². The highest BCUT2D eigenvalue weighted by molar-refractivity contribution is 7.80. The van der Waals surface area contributed by atoms with Crippen molar-refractivity contribution in [3.63, 3.8) is 0 Å². The number of nitrogens with two attached hydrogens (primary N) is 1. The van der Waals surface area contributed by atoms with Crippen LogP contribution in [0.2, 0.25) is 0 Å². The molecular formula is C17H26N2OS. The van der Waals surface area contributed by atoms with E-state index >= 15 is 0 Å². The largest absolute Gasteiger partial charge is 0.492 e. The van der Waals surface area contributed by atoms with Crippen LogP contribution in [0.3, 0.4) is 0 Å². The third-order valence-corrected chi connectivity index (χ3v) is 4.38. The number of nitrogens with zero attached hydrogens (tertiary/aromatic N) is 1. The molecule has 0 spiro atoms. The Balaban J connectivity index is 1.87. The molecule has 0 aromatic heterocycles. The predicted octanol–water partition coefficient (Wildman–Crippen LogP) is 3.35. The molecule has 21 heavy (non-hydrogen) atoms. The highest BCUT2D eigenvalue weighted by atomic mass is 32.1. The molecule has 1 aromatic carbocycles. The first kappa shape index (κ1) is 16.2. The number of hydrogen-bond donors (Lipinski definition) is 1. The summed E-state index contributed by atoms with van der Waals surface area (Å²) in [6.45, 7) is 5.14. The second-order valence-electron chi connectivity index (χ2n) is 5.68. The zero-order chi connectivity index (χ0) is 15.1. The Morgan fingerprint density at radius 3 is 2.95 bits per heavy atom. The Morgan fingerprint density at radius 1 is 1.38 bits per heavy atom. The fourth-order valence-corrected chi connectivity index (χ4v) is 3.25. The second-order valence-corrected chi connectivity index (χ2v) is 6.12. The lowest BCUT2D eigenvalue weighted by molar-refractivity contribution is 0.116. The maximum Gasteiger partial charge on any atom is 0.129 e. The van der Waals surface area contributed by atoms with E-state index in [9.17, 15) is 0 Å². The van der Waals surface area contributed by atoms with Crippen LogP contribution in [0.25, 0.3) is 0 Å². The van der Waals surface area contributed by atoms with Crippen molar-refractivity contribution in [1.29, 1.82) is 0 Å². The second kappa shape index (κ2) is 8.35. The van der Waals surface area contributed by atoms with E-state index in [0.717, 1.165) is 23.9 Å². The Labute approximate surface area is 133 Å². The smallest absolute Gasteiger partial charge is 0.129 e. The summed E-state index contributed by atoms with van der Waals surface area (Å²) in [6, 6.07) is 8.48. The Bertz CT molecular complexity index is 462. The van der Waals surface area contributed by atoms with E-state index in [-0.39, 0.29) is 0 Å². The lowest BCUT2D eigenvalue weighted by atomic mass is 9.98. The minimum absolute atomic E-state index is 0.396. The minimum Gasteiger partial charge on any atom is -0.492 e. The number of hydrogen-bond acceptors (Lipinski definition) is 3. The summed E-state index contributed by atoms with van der Waals surface area (Å²) in [5.74, 6) is 0.800. The Kier molecular flexibility index (Phi) is 6.46. The van der Waals surface area contributed by atoms with E-state index in [1.807, 2.05) is 24.3 Å². The molecule has 1 unspecified atom stereocenters. The van der Waals surface area contributed by atoms with Crippen molar-refractivity contribution in [2.24, 2.45) is 5.73 Å². The van der Waals surface area contributed by atoms with Gasteiger partial charge < -0.3 is 10.5 Å². The Hall–Kier alpha value is -1.13. The summed E-state index contributed by atoms with van der Waals surface area (Å²) in [4.78, 5) is 2.98. The highest BCUT2D eigenvalue weighted by Gasteiger charge is 2.21. The number of para-hydroxylation sites is 1. The average Bonchev–Trinajstić information content (AvgIpc) is 2.49. The molecule has 0 saturated carbocycles. The van der Waals surface area contributed by atoms with Gasteiger partial charge in [0.25, 0.3) is 0 Å². The van der Waals surface area contributed by atoms with E-state index in [2.05, 4.69) is 11.8 Å². The molecule has 0 aliphatic carbocycles. The maximum atomic E-state index is 5.92. The van der Waals surface area contributed by atoms with Gasteiger partial charge in [0.05, 0.1) is 5.56 Å².